The Morgan fingerprint density at radius 1 is 1.67 bits per heavy atom. The first kappa shape index (κ1) is 11.9. The highest BCUT2D eigenvalue weighted by Crippen LogP contribution is 1.86. The van der Waals surface area contributed by atoms with Gasteiger partial charge in [0.2, 0.25) is 0 Å². The molecule has 1 heterocycles. The summed E-state index contributed by atoms with van der Waals surface area (Å²) in [7, 11) is 0. The molecule has 1 rings (SSSR count). The Bertz CT molecular complexity index is 337. The Morgan fingerprint density at radius 2 is 2.47 bits per heavy atom. The van der Waals surface area contributed by atoms with Crippen LogP contribution < -0.4 is 10.9 Å². The third-order valence-electron chi connectivity index (χ3n) is 2.01. The molecule has 0 spiro atoms. The maximum Gasteiger partial charge on any atom is 0.253 e. The van der Waals surface area contributed by atoms with Crippen LogP contribution in [-0.2, 0) is 6.54 Å². The number of nitrogens with zero attached hydrogens (tertiary/aromatic N) is 2. The summed E-state index contributed by atoms with van der Waals surface area (Å²) in [5, 5.41) is 12.7. The number of aliphatic hydroxyl groups is 1. The Balaban J connectivity index is 2.41. The van der Waals surface area contributed by atoms with Crippen LogP contribution in [0.4, 0.5) is 0 Å². The molecule has 0 aliphatic rings. The average Bonchev–Trinajstić information content (AvgIpc) is 2.22. The number of nitrogens with one attached hydrogen (secondary N) is 1. The maximum absolute atomic E-state index is 11.3. The highest BCUT2D eigenvalue weighted by molar-refractivity contribution is 4.82. The van der Waals surface area contributed by atoms with Crippen LogP contribution in [0, 0.1) is 0 Å². The fraction of sp³-hybridized carbons (Fsp3) is 0.600. The second kappa shape index (κ2) is 6.31. The van der Waals surface area contributed by atoms with Crippen LogP contribution in [0.5, 0.6) is 0 Å². The quantitative estimate of drug-likeness (QED) is 0.629. The van der Waals surface area contributed by atoms with Gasteiger partial charge in [0.1, 0.15) is 0 Å². The fourth-order valence-electron chi connectivity index (χ4n) is 1.25. The predicted molar refractivity (Wildman–Crippen MR) is 57.7 cm³/mol. The number of rotatable bonds is 6. The zero-order chi connectivity index (χ0) is 11.1. The van der Waals surface area contributed by atoms with Gasteiger partial charge in [-0.1, -0.05) is 6.92 Å². The van der Waals surface area contributed by atoms with Crippen LogP contribution in [0.1, 0.15) is 13.3 Å². The summed E-state index contributed by atoms with van der Waals surface area (Å²) in [5.41, 5.74) is -0.139. The van der Waals surface area contributed by atoms with Gasteiger partial charge in [0.15, 0.2) is 0 Å². The molecular weight excluding hydrogens is 194 g/mol. The summed E-state index contributed by atoms with van der Waals surface area (Å²) in [6.45, 7) is 3.71. The maximum atomic E-state index is 11.3. The molecule has 2 N–H and O–H groups in total. The van der Waals surface area contributed by atoms with Crippen molar-refractivity contribution in [3.8, 4) is 0 Å². The van der Waals surface area contributed by atoms with Crippen molar-refractivity contribution >= 4 is 0 Å². The lowest BCUT2D eigenvalue weighted by Gasteiger charge is -2.12. The SMILES string of the molecule is CCCNCC(O)Cn1cnccc1=O. The smallest absolute Gasteiger partial charge is 0.253 e. The van der Waals surface area contributed by atoms with Crippen LogP contribution in [0.25, 0.3) is 0 Å². The minimum atomic E-state index is -0.557. The summed E-state index contributed by atoms with van der Waals surface area (Å²) in [6, 6.07) is 1.38. The molecule has 0 saturated carbocycles. The van der Waals surface area contributed by atoms with E-state index in [1.807, 2.05) is 0 Å². The molecule has 0 bridgehead atoms. The second-order valence-corrected chi connectivity index (χ2v) is 3.43. The summed E-state index contributed by atoms with van der Waals surface area (Å²) in [6.07, 6.45) is 3.35. The van der Waals surface area contributed by atoms with Crippen LogP contribution >= 0.6 is 0 Å². The van der Waals surface area contributed by atoms with Gasteiger partial charge in [-0.3, -0.25) is 9.36 Å². The summed E-state index contributed by atoms with van der Waals surface area (Å²) < 4.78 is 1.40. The lowest BCUT2D eigenvalue weighted by Crippen LogP contribution is -2.33. The third kappa shape index (κ3) is 4.22. The zero-order valence-corrected chi connectivity index (χ0v) is 8.89. The molecule has 0 aliphatic heterocycles. The van der Waals surface area contributed by atoms with Crippen molar-refractivity contribution in [3.05, 3.63) is 28.9 Å². The van der Waals surface area contributed by atoms with E-state index in [1.54, 1.807) is 0 Å². The molecule has 0 aromatic carbocycles. The molecule has 1 aromatic heterocycles. The Morgan fingerprint density at radius 3 is 3.13 bits per heavy atom. The number of aromatic nitrogens is 2. The molecule has 0 amide bonds. The molecule has 15 heavy (non-hydrogen) atoms. The molecule has 0 radical (unpaired) electrons. The topological polar surface area (TPSA) is 67.2 Å². The van der Waals surface area contributed by atoms with Crippen LogP contribution in [0.3, 0.4) is 0 Å². The standard InChI is InChI=1S/C10H17N3O2/c1-2-4-11-6-9(14)7-13-8-12-5-3-10(13)15/h3,5,8-9,11,14H,2,4,6-7H2,1H3. The summed E-state index contributed by atoms with van der Waals surface area (Å²) in [5.74, 6) is 0. The highest BCUT2D eigenvalue weighted by Gasteiger charge is 2.05. The number of aliphatic hydroxyl groups excluding tert-OH is 1. The van der Waals surface area contributed by atoms with Gasteiger partial charge in [0, 0.05) is 18.8 Å². The van der Waals surface area contributed by atoms with Gasteiger partial charge in [-0.2, -0.15) is 0 Å². The van der Waals surface area contributed by atoms with Gasteiger partial charge in [0.05, 0.1) is 19.0 Å². The first-order valence-electron chi connectivity index (χ1n) is 5.13. The summed E-state index contributed by atoms with van der Waals surface area (Å²) >= 11 is 0. The van der Waals surface area contributed by atoms with Gasteiger partial charge in [0.25, 0.3) is 5.56 Å². The van der Waals surface area contributed by atoms with Crippen LogP contribution in [0.15, 0.2) is 23.4 Å². The van der Waals surface area contributed by atoms with E-state index in [2.05, 4.69) is 17.2 Å². The van der Waals surface area contributed by atoms with Gasteiger partial charge in [-0.15, -0.1) is 0 Å². The van der Waals surface area contributed by atoms with Crippen LogP contribution in [0.2, 0.25) is 0 Å². The van der Waals surface area contributed by atoms with E-state index >= 15 is 0 Å². The van der Waals surface area contributed by atoms with Crippen molar-refractivity contribution in [2.75, 3.05) is 13.1 Å². The fourth-order valence-corrected chi connectivity index (χ4v) is 1.25. The van der Waals surface area contributed by atoms with Gasteiger partial charge < -0.3 is 10.4 Å². The third-order valence-corrected chi connectivity index (χ3v) is 2.01. The van der Waals surface area contributed by atoms with Gasteiger partial charge in [-0.25, -0.2) is 4.98 Å². The van der Waals surface area contributed by atoms with Crippen molar-refractivity contribution in [2.45, 2.75) is 26.0 Å². The minimum Gasteiger partial charge on any atom is -0.390 e. The van der Waals surface area contributed by atoms with Crippen molar-refractivity contribution in [1.82, 2.24) is 14.9 Å². The van der Waals surface area contributed by atoms with Crippen LogP contribution in [-0.4, -0.2) is 33.9 Å². The Kier molecular flexibility index (Phi) is 5.00. The molecule has 0 fully saturated rings. The number of hydrogen-bond donors (Lipinski definition) is 2. The molecule has 0 aliphatic carbocycles. The second-order valence-electron chi connectivity index (χ2n) is 3.43. The first-order chi connectivity index (χ1) is 7.24. The molecule has 1 unspecified atom stereocenters. The lowest BCUT2D eigenvalue weighted by atomic mass is 10.3. The highest BCUT2D eigenvalue weighted by atomic mass is 16.3. The van der Waals surface area contributed by atoms with E-state index in [4.69, 9.17) is 0 Å². The van der Waals surface area contributed by atoms with Crippen molar-refractivity contribution in [1.29, 1.82) is 0 Å². The normalized spacial score (nSPS) is 12.7. The molecule has 1 atom stereocenters. The minimum absolute atomic E-state index is 0.139. The first-order valence-corrected chi connectivity index (χ1v) is 5.13. The molecule has 5 heteroatoms. The largest absolute Gasteiger partial charge is 0.390 e. The van der Waals surface area contributed by atoms with Gasteiger partial charge in [-0.05, 0) is 13.0 Å². The van der Waals surface area contributed by atoms with E-state index in [0.717, 1.165) is 13.0 Å². The van der Waals surface area contributed by atoms with Crippen molar-refractivity contribution in [3.63, 3.8) is 0 Å². The van der Waals surface area contributed by atoms with E-state index in [9.17, 15) is 9.90 Å². The van der Waals surface area contributed by atoms with E-state index in [-0.39, 0.29) is 12.1 Å². The monoisotopic (exact) mass is 211 g/mol. The van der Waals surface area contributed by atoms with E-state index in [1.165, 1.54) is 23.2 Å². The Labute approximate surface area is 88.8 Å². The molecule has 1 aromatic rings. The van der Waals surface area contributed by atoms with Crippen molar-refractivity contribution in [2.24, 2.45) is 0 Å². The molecule has 84 valence electrons. The molecule has 0 saturated heterocycles. The predicted octanol–water partition coefficient (Wildman–Crippen LogP) is -0.396. The van der Waals surface area contributed by atoms with E-state index in [0.29, 0.717) is 6.54 Å². The van der Waals surface area contributed by atoms with Gasteiger partial charge >= 0.3 is 0 Å². The Hall–Kier alpha value is -1.20. The molecule has 5 nitrogen and oxygen atoms in total. The van der Waals surface area contributed by atoms with E-state index < -0.39 is 6.10 Å². The zero-order valence-electron chi connectivity index (χ0n) is 8.89. The van der Waals surface area contributed by atoms with Crippen molar-refractivity contribution < 1.29 is 5.11 Å². The number of hydrogen-bond acceptors (Lipinski definition) is 4. The lowest BCUT2D eigenvalue weighted by molar-refractivity contribution is 0.150. The summed E-state index contributed by atoms with van der Waals surface area (Å²) in [4.78, 5) is 15.1. The molecular formula is C10H17N3O2. The average molecular weight is 211 g/mol.